The zero-order chi connectivity index (χ0) is 18.2. The van der Waals surface area contributed by atoms with Gasteiger partial charge in [0.1, 0.15) is 5.82 Å². The van der Waals surface area contributed by atoms with Gasteiger partial charge in [-0.25, -0.2) is 9.18 Å². The summed E-state index contributed by atoms with van der Waals surface area (Å²) in [6, 6.07) is 3.55. The highest BCUT2D eigenvalue weighted by Gasteiger charge is 2.17. The number of ether oxygens (including phenoxy) is 1. The van der Waals surface area contributed by atoms with Crippen molar-refractivity contribution in [1.29, 1.82) is 0 Å². The number of carbonyl (C=O) groups excluding carboxylic acids is 3. The topological polar surface area (TPSA) is 96.5 Å². The molecule has 7 nitrogen and oxygen atoms in total. The Balaban J connectivity index is 1.90. The standard InChI is InChI=1S/C17H20FN3O4/c1-25-17(24)21-14-9-12(7-8-13(14)18)20-16(23)15(22)19-10-11-5-3-2-4-6-11/h2-3,7-9,11H,4-6,10H2,1H3,(H,19,22)(H,20,23)(H,21,24). The summed E-state index contributed by atoms with van der Waals surface area (Å²) in [6.07, 6.45) is 6.13. The molecule has 1 aromatic carbocycles. The van der Waals surface area contributed by atoms with Crippen molar-refractivity contribution in [2.45, 2.75) is 19.3 Å². The van der Waals surface area contributed by atoms with Gasteiger partial charge in [0.15, 0.2) is 0 Å². The Kier molecular flexibility index (Phi) is 6.50. The van der Waals surface area contributed by atoms with Gasteiger partial charge in [0.2, 0.25) is 0 Å². The van der Waals surface area contributed by atoms with Crippen molar-refractivity contribution in [2.75, 3.05) is 24.3 Å². The zero-order valence-corrected chi connectivity index (χ0v) is 13.8. The molecule has 1 aromatic rings. The second kappa shape index (κ2) is 8.81. The van der Waals surface area contributed by atoms with Crippen molar-refractivity contribution < 1.29 is 23.5 Å². The molecule has 0 saturated carbocycles. The van der Waals surface area contributed by atoms with Crippen LogP contribution in [0.2, 0.25) is 0 Å². The van der Waals surface area contributed by atoms with Gasteiger partial charge in [-0.3, -0.25) is 14.9 Å². The molecular weight excluding hydrogens is 329 g/mol. The van der Waals surface area contributed by atoms with Crippen molar-refractivity contribution >= 4 is 29.3 Å². The van der Waals surface area contributed by atoms with Gasteiger partial charge < -0.3 is 15.4 Å². The van der Waals surface area contributed by atoms with Crippen LogP contribution in [0.3, 0.4) is 0 Å². The largest absolute Gasteiger partial charge is 0.453 e. The highest BCUT2D eigenvalue weighted by molar-refractivity contribution is 6.39. The molecule has 0 saturated heterocycles. The maximum Gasteiger partial charge on any atom is 0.411 e. The minimum absolute atomic E-state index is 0.168. The minimum Gasteiger partial charge on any atom is -0.453 e. The van der Waals surface area contributed by atoms with Crippen molar-refractivity contribution in [3.63, 3.8) is 0 Å². The van der Waals surface area contributed by atoms with Crippen LogP contribution < -0.4 is 16.0 Å². The first kappa shape index (κ1) is 18.4. The molecule has 3 amide bonds. The average Bonchev–Trinajstić information content (AvgIpc) is 2.63. The van der Waals surface area contributed by atoms with Crippen LogP contribution >= 0.6 is 0 Å². The van der Waals surface area contributed by atoms with E-state index in [1.807, 2.05) is 0 Å². The normalized spacial score (nSPS) is 16.0. The van der Waals surface area contributed by atoms with Gasteiger partial charge in [-0.05, 0) is 43.4 Å². The smallest absolute Gasteiger partial charge is 0.411 e. The van der Waals surface area contributed by atoms with Crippen LogP contribution in [-0.4, -0.2) is 31.6 Å². The van der Waals surface area contributed by atoms with Gasteiger partial charge in [-0.15, -0.1) is 0 Å². The Hall–Kier alpha value is -2.90. The van der Waals surface area contributed by atoms with Crippen molar-refractivity contribution in [3.05, 3.63) is 36.2 Å². The van der Waals surface area contributed by atoms with E-state index in [9.17, 15) is 18.8 Å². The third kappa shape index (κ3) is 5.59. The number of hydrogen-bond donors (Lipinski definition) is 3. The second-order valence-electron chi connectivity index (χ2n) is 5.63. The summed E-state index contributed by atoms with van der Waals surface area (Å²) in [6.45, 7) is 0.426. The van der Waals surface area contributed by atoms with Gasteiger partial charge in [0, 0.05) is 12.2 Å². The lowest BCUT2D eigenvalue weighted by Crippen LogP contribution is -2.38. The average molecular weight is 349 g/mol. The molecule has 0 aliphatic heterocycles. The van der Waals surface area contributed by atoms with Crippen molar-refractivity contribution in [2.24, 2.45) is 5.92 Å². The first-order valence-electron chi connectivity index (χ1n) is 7.88. The van der Waals surface area contributed by atoms with E-state index in [1.165, 1.54) is 12.1 Å². The third-order valence-electron chi connectivity index (χ3n) is 3.78. The summed E-state index contributed by atoms with van der Waals surface area (Å²) in [5.41, 5.74) is 0.00704. The molecule has 0 spiro atoms. The number of nitrogens with one attached hydrogen (secondary N) is 3. The fraction of sp³-hybridized carbons (Fsp3) is 0.353. The summed E-state index contributed by atoms with van der Waals surface area (Å²) in [4.78, 5) is 34.9. The highest BCUT2D eigenvalue weighted by atomic mass is 19.1. The number of benzene rings is 1. The molecule has 1 aliphatic rings. The van der Waals surface area contributed by atoms with Crippen LogP contribution in [0.15, 0.2) is 30.4 Å². The number of anilines is 2. The SMILES string of the molecule is COC(=O)Nc1cc(NC(=O)C(=O)NCC2CC=CCC2)ccc1F. The number of halogens is 1. The fourth-order valence-electron chi connectivity index (χ4n) is 2.41. The Morgan fingerprint density at radius 3 is 2.68 bits per heavy atom. The number of methoxy groups -OCH3 is 1. The number of amides is 3. The molecule has 0 bridgehead atoms. The lowest BCUT2D eigenvalue weighted by Gasteiger charge is -2.17. The van der Waals surface area contributed by atoms with Crippen LogP contribution in [0.4, 0.5) is 20.6 Å². The second-order valence-corrected chi connectivity index (χ2v) is 5.63. The number of allylic oxidation sites excluding steroid dienone is 2. The highest BCUT2D eigenvalue weighted by Crippen LogP contribution is 2.20. The number of rotatable bonds is 4. The van der Waals surface area contributed by atoms with Crippen LogP contribution in [0, 0.1) is 11.7 Å². The molecule has 1 aliphatic carbocycles. The molecule has 25 heavy (non-hydrogen) atoms. The Morgan fingerprint density at radius 2 is 2.00 bits per heavy atom. The summed E-state index contributed by atoms with van der Waals surface area (Å²) in [5.74, 6) is -2.00. The van der Waals surface area contributed by atoms with Crippen LogP contribution in [0.5, 0.6) is 0 Å². The molecular formula is C17H20FN3O4. The van der Waals surface area contributed by atoms with E-state index in [1.54, 1.807) is 0 Å². The quantitative estimate of drug-likeness (QED) is 0.574. The molecule has 3 N–H and O–H groups in total. The maximum atomic E-state index is 13.6. The molecule has 0 heterocycles. The van der Waals surface area contributed by atoms with E-state index >= 15 is 0 Å². The lowest BCUT2D eigenvalue weighted by molar-refractivity contribution is -0.136. The Bertz CT molecular complexity index is 690. The molecule has 0 radical (unpaired) electrons. The predicted molar refractivity (Wildman–Crippen MR) is 90.5 cm³/mol. The maximum absolute atomic E-state index is 13.6. The van der Waals surface area contributed by atoms with E-state index in [0.717, 1.165) is 32.4 Å². The zero-order valence-electron chi connectivity index (χ0n) is 13.8. The predicted octanol–water partition coefficient (Wildman–Crippen LogP) is 2.42. The summed E-state index contributed by atoms with van der Waals surface area (Å²) in [7, 11) is 1.14. The first-order valence-corrected chi connectivity index (χ1v) is 7.88. The van der Waals surface area contributed by atoms with Crippen LogP contribution in [0.1, 0.15) is 19.3 Å². The van der Waals surface area contributed by atoms with E-state index < -0.39 is 23.7 Å². The minimum atomic E-state index is -0.859. The van der Waals surface area contributed by atoms with Crippen molar-refractivity contribution in [3.8, 4) is 0 Å². The van der Waals surface area contributed by atoms with Gasteiger partial charge >= 0.3 is 17.9 Å². The van der Waals surface area contributed by atoms with Crippen LogP contribution in [-0.2, 0) is 14.3 Å². The van der Waals surface area contributed by atoms with Gasteiger partial charge in [0.25, 0.3) is 0 Å². The number of hydrogen-bond acceptors (Lipinski definition) is 4. The molecule has 1 atom stereocenters. The van der Waals surface area contributed by atoms with Crippen LogP contribution in [0.25, 0.3) is 0 Å². The molecule has 0 fully saturated rings. The van der Waals surface area contributed by atoms with E-state index in [4.69, 9.17) is 0 Å². The Labute approximate surface area is 144 Å². The molecule has 8 heteroatoms. The van der Waals surface area contributed by atoms with Crippen molar-refractivity contribution in [1.82, 2.24) is 5.32 Å². The van der Waals surface area contributed by atoms with E-state index in [2.05, 4.69) is 32.8 Å². The molecule has 134 valence electrons. The van der Waals surface area contributed by atoms with E-state index in [-0.39, 0.29) is 11.4 Å². The Morgan fingerprint density at radius 1 is 1.20 bits per heavy atom. The molecule has 2 rings (SSSR count). The summed E-state index contributed by atoms with van der Waals surface area (Å²) < 4.78 is 18.0. The third-order valence-corrected chi connectivity index (χ3v) is 3.78. The van der Waals surface area contributed by atoms with Gasteiger partial charge in [-0.2, -0.15) is 0 Å². The van der Waals surface area contributed by atoms with E-state index in [0.29, 0.717) is 12.5 Å². The lowest BCUT2D eigenvalue weighted by atomic mass is 9.94. The molecule has 0 aromatic heterocycles. The number of carbonyl (C=O) groups is 3. The summed E-state index contributed by atoms with van der Waals surface area (Å²) in [5, 5.41) is 7.13. The first-order chi connectivity index (χ1) is 12.0. The summed E-state index contributed by atoms with van der Waals surface area (Å²) >= 11 is 0. The fourth-order valence-corrected chi connectivity index (χ4v) is 2.41. The molecule has 1 unspecified atom stereocenters. The van der Waals surface area contributed by atoms with Gasteiger partial charge in [0.05, 0.1) is 12.8 Å². The van der Waals surface area contributed by atoms with Gasteiger partial charge in [-0.1, -0.05) is 12.2 Å². The monoisotopic (exact) mass is 349 g/mol.